The van der Waals surface area contributed by atoms with Gasteiger partial charge in [0.1, 0.15) is 13.1 Å². The Labute approximate surface area is 469 Å². The first kappa shape index (κ1) is 56.9. The van der Waals surface area contributed by atoms with E-state index in [1.54, 1.807) is 91.0 Å². The molecule has 2 saturated carbocycles. The maximum absolute atomic E-state index is 13.2. The van der Waals surface area contributed by atoms with Gasteiger partial charge >= 0.3 is 5.97 Å². The second-order valence-electron chi connectivity index (χ2n) is 19.5. The molecular weight excluding hydrogens is 1050 g/mol. The molecule has 12 rings (SSSR count). The van der Waals surface area contributed by atoms with Crippen molar-refractivity contribution in [3.63, 3.8) is 0 Å². The number of rotatable bonds is 13. The van der Waals surface area contributed by atoms with Gasteiger partial charge in [-0.05, 0) is 87.1 Å². The van der Waals surface area contributed by atoms with Crippen LogP contribution in [0.4, 0.5) is 15.8 Å². The number of hydrogen-bond donors (Lipinski definition) is 9. The van der Waals surface area contributed by atoms with Gasteiger partial charge in [0.25, 0.3) is 22.9 Å². The maximum atomic E-state index is 13.2. The number of carboxylic acids is 1. The van der Waals surface area contributed by atoms with E-state index in [4.69, 9.17) is 17.3 Å². The molecule has 10 N–H and O–H groups in total. The number of para-hydroxylation sites is 2. The Bertz CT molecular complexity index is 4080. The molecule has 2 aliphatic carbocycles. The zero-order valence-corrected chi connectivity index (χ0v) is 43.6. The second kappa shape index (κ2) is 25.6. The molecule has 0 spiro atoms. The summed E-state index contributed by atoms with van der Waals surface area (Å²) in [7, 11) is -1.00. The van der Waals surface area contributed by atoms with Crippen LogP contribution >= 0.6 is 0 Å². The Morgan fingerprint density at radius 2 is 0.976 bits per heavy atom. The number of nitrogens with one attached hydrogen (secondary N) is 5. The van der Waals surface area contributed by atoms with Crippen LogP contribution in [-0.4, -0.2) is 110 Å². The molecule has 0 saturated heterocycles. The third kappa shape index (κ3) is 12.9. The average Bonchev–Trinajstić information content (AvgIpc) is 4.14. The summed E-state index contributed by atoms with van der Waals surface area (Å²) in [6, 6.07) is 42.9. The predicted molar refractivity (Wildman–Crippen MR) is 312 cm³/mol. The lowest BCUT2D eigenvalue weighted by Gasteiger charge is -2.36. The van der Waals surface area contributed by atoms with Crippen LogP contribution in [0.25, 0.3) is 65.9 Å². The molecule has 2 fully saturated rings. The number of benzene rings is 6. The third-order valence-electron chi connectivity index (χ3n) is 14.1. The van der Waals surface area contributed by atoms with E-state index in [0.29, 0.717) is 74.7 Å². The third-order valence-corrected chi connectivity index (χ3v) is 14.1. The molecule has 21 nitrogen and oxygen atoms in total. The first-order valence-electron chi connectivity index (χ1n) is 26.5. The van der Waals surface area contributed by atoms with E-state index >= 15 is 0 Å². The van der Waals surface area contributed by atoms with Crippen molar-refractivity contribution in [2.24, 2.45) is 5.73 Å². The molecule has 82 heavy (non-hydrogen) atoms. The number of amides is 3. The molecule has 22 heteroatoms. The van der Waals surface area contributed by atoms with E-state index in [1.165, 1.54) is 9.36 Å². The average molecular weight is 1110 g/mol. The fourth-order valence-electron chi connectivity index (χ4n) is 9.44. The number of carbonyl (C=O) groups is 4. The van der Waals surface area contributed by atoms with Crippen LogP contribution in [-0.2, 0) is 22.7 Å². The van der Waals surface area contributed by atoms with Crippen molar-refractivity contribution >= 4 is 78.4 Å². The monoisotopic (exact) mass is 1110 g/mol. The number of H-pyrrole nitrogens is 2. The van der Waals surface area contributed by atoms with Crippen molar-refractivity contribution in [3.05, 3.63) is 178 Å². The Morgan fingerprint density at radius 3 is 1.34 bits per heavy atom. The number of carbonyl (C=O) groups excluding carboxylic acids is 3. The first-order valence-corrected chi connectivity index (χ1v) is 25.8. The SMILES string of the molecule is C.NCC1(O)CCC1.O=C(Cn1nc(C(=O)Nc2ccc(-c3n[nH]c(=O)c4ccccc34)cc2)c2ccccc21)NCC1(O)CCC1.O=C(O)Cn1nc(C(=O)Nc2ccc(-c3n[nH]c(=O)c4ccccc34)cc2)c2ccccc21.[2H]CF. The van der Waals surface area contributed by atoms with Gasteiger partial charge in [-0.2, -0.15) is 20.4 Å². The van der Waals surface area contributed by atoms with Gasteiger partial charge in [-0.15, -0.1) is 0 Å². The van der Waals surface area contributed by atoms with Crippen LogP contribution in [0.2, 0.25) is 0 Å². The number of nitrogens with two attached hydrogens (primary N) is 1. The Morgan fingerprint density at radius 1 is 0.598 bits per heavy atom. The molecule has 2 aliphatic rings. The molecule has 4 aromatic heterocycles. The van der Waals surface area contributed by atoms with Crippen LogP contribution in [0.5, 0.6) is 0 Å². The van der Waals surface area contributed by atoms with Gasteiger partial charge in [-0.25, -0.2) is 10.2 Å². The molecule has 0 radical (unpaired) electrons. The number of carboxylic acid groups (broad SMARTS) is 1. The number of aliphatic carboxylic acids is 1. The van der Waals surface area contributed by atoms with Crippen LogP contribution in [0.1, 0.15) is 68.3 Å². The predicted octanol–water partition coefficient (Wildman–Crippen LogP) is 7.58. The highest BCUT2D eigenvalue weighted by molar-refractivity contribution is 6.12. The zero-order chi connectivity index (χ0) is 58.0. The quantitative estimate of drug-likeness (QED) is 0.0538. The van der Waals surface area contributed by atoms with E-state index < -0.39 is 36.1 Å². The van der Waals surface area contributed by atoms with Gasteiger partial charge in [-0.3, -0.25) is 42.5 Å². The minimum absolute atomic E-state index is 0. The number of aromatic nitrogens is 8. The van der Waals surface area contributed by atoms with Gasteiger partial charge < -0.3 is 37.0 Å². The summed E-state index contributed by atoms with van der Waals surface area (Å²) in [6.07, 6.45) is 5.28. The Balaban J connectivity index is 0.000000186. The highest BCUT2D eigenvalue weighted by atomic mass is 19.1. The van der Waals surface area contributed by atoms with Crippen LogP contribution in [0, 0.1) is 0 Å². The van der Waals surface area contributed by atoms with Crippen LogP contribution in [0.3, 0.4) is 0 Å². The number of fused-ring (bicyclic) bond motifs is 4. The standard InChI is InChI=1S/C29H26N6O4.C24H17N5O4.C5H11NO.CH3F.CH4/c36-24(30-17-29(39)14-5-15-29)16-35-23-9-4-3-8-22(23)26(34-35)28(38)31-19-12-10-18(11-13-19)25-20-6-1-2-7-21(20)27(37)33-32-25;30-20(31)13-29-19-8-4-3-7-18(19)22(28-29)24(33)25-15-11-9-14(10-12-15)21-16-5-1-2-6-17(16)23(32)27-26-21;6-4-5(7)2-1-3-5;1-2;/h1-4,6-13,39H,5,14-17H2,(H,30,36)(H,31,38)(H,33,37);1-12H,13H2,(H,25,33)(H,27,32)(H,30,31);7H,1-4,6H2;1H3;1H4/i;;;1D;. The van der Waals surface area contributed by atoms with E-state index in [9.17, 15) is 38.3 Å². The summed E-state index contributed by atoms with van der Waals surface area (Å²) in [5, 5.41) is 62.8. The summed E-state index contributed by atoms with van der Waals surface area (Å²) >= 11 is 0. The van der Waals surface area contributed by atoms with Gasteiger partial charge in [0.05, 0.1) is 52.9 Å². The van der Waals surface area contributed by atoms with E-state index in [0.717, 1.165) is 47.6 Å². The topological polar surface area (TPSA) is 318 Å². The number of nitrogens with zero attached hydrogens (tertiary/aromatic N) is 6. The number of aromatic amines is 2. The minimum atomic E-state index is -1.05. The number of aliphatic hydroxyl groups is 2. The van der Waals surface area contributed by atoms with Crippen molar-refractivity contribution in [1.82, 2.24) is 45.3 Å². The highest BCUT2D eigenvalue weighted by Gasteiger charge is 2.35. The Hall–Kier alpha value is -9.77. The van der Waals surface area contributed by atoms with E-state index in [1.807, 2.05) is 54.6 Å². The fourth-order valence-corrected chi connectivity index (χ4v) is 9.44. The lowest BCUT2D eigenvalue weighted by molar-refractivity contribution is -0.137. The number of anilines is 2. The van der Waals surface area contributed by atoms with Crippen molar-refractivity contribution in [2.45, 2.75) is 70.2 Å². The van der Waals surface area contributed by atoms with Crippen molar-refractivity contribution in [1.29, 1.82) is 0 Å². The number of hydrogen-bond acceptors (Lipinski definition) is 13. The summed E-state index contributed by atoms with van der Waals surface area (Å²) in [5.41, 5.74) is 8.92. The second-order valence-corrected chi connectivity index (χ2v) is 19.5. The van der Waals surface area contributed by atoms with Crippen molar-refractivity contribution < 1.29 is 40.3 Å². The highest BCUT2D eigenvalue weighted by Crippen LogP contribution is 2.32. The van der Waals surface area contributed by atoms with Crippen molar-refractivity contribution in [2.75, 3.05) is 30.9 Å². The molecule has 10 aromatic rings. The van der Waals surface area contributed by atoms with Gasteiger partial charge in [0.2, 0.25) is 5.91 Å². The molecule has 422 valence electrons. The molecular formula is C60H61FN12O9. The van der Waals surface area contributed by atoms with Crippen LogP contribution in [0.15, 0.2) is 155 Å². The Kier molecular flexibility index (Phi) is 17.7. The maximum Gasteiger partial charge on any atom is 0.325 e. The smallest absolute Gasteiger partial charge is 0.325 e. The summed E-state index contributed by atoms with van der Waals surface area (Å²) in [4.78, 5) is 74.0. The number of halogens is 1. The van der Waals surface area contributed by atoms with Gasteiger partial charge in [-0.1, -0.05) is 104 Å². The normalized spacial score (nSPS) is 13.7. The first-order chi connectivity index (χ1) is 39.6. The minimum Gasteiger partial charge on any atom is -0.480 e. The van der Waals surface area contributed by atoms with Gasteiger partial charge in [0, 0.05) is 57.1 Å². The molecule has 3 amide bonds. The van der Waals surface area contributed by atoms with E-state index in [2.05, 4.69) is 46.5 Å². The molecule has 0 atom stereocenters. The molecule has 0 bridgehead atoms. The molecule has 6 aromatic carbocycles. The number of alkyl halides is 1. The van der Waals surface area contributed by atoms with E-state index in [-0.39, 0.29) is 55.5 Å². The molecule has 0 unspecified atom stereocenters. The summed E-state index contributed by atoms with van der Waals surface area (Å²) in [5.74, 6) is -2.19. The lowest BCUT2D eigenvalue weighted by Crippen LogP contribution is -2.48. The molecule has 0 aliphatic heterocycles. The van der Waals surface area contributed by atoms with Crippen LogP contribution < -0.4 is 32.8 Å². The summed E-state index contributed by atoms with van der Waals surface area (Å²) < 4.78 is 18.3. The van der Waals surface area contributed by atoms with Crippen molar-refractivity contribution in [3.8, 4) is 22.5 Å². The largest absolute Gasteiger partial charge is 0.480 e. The molecule has 4 heterocycles. The fraction of sp³-hybridized carbons (Fsp3) is 0.233. The summed E-state index contributed by atoms with van der Waals surface area (Å²) in [6.45, 7) is 0.229. The van der Waals surface area contributed by atoms with Gasteiger partial charge in [0.15, 0.2) is 11.4 Å². The zero-order valence-electron chi connectivity index (χ0n) is 44.6. The lowest BCUT2D eigenvalue weighted by atomic mass is 9.80.